The molecule has 2 amide bonds. The highest BCUT2D eigenvalue weighted by atomic mass is 32.1. The third-order valence-corrected chi connectivity index (χ3v) is 6.03. The summed E-state index contributed by atoms with van der Waals surface area (Å²) >= 11 is 1.34. The van der Waals surface area contributed by atoms with Crippen molar-refractivity contribution in [1.29, 1.82) is 0 Å². The van der Waals surface area contributed by atoms with E-state index in [1.807, 2.05) is 78.9 Å². The Labute approximate surface area is 189 Å². The van der Waals surface area contributed by atoms with Crippen molar-refractivity contribution in [1.82, 2.24) is 9.88 Å². The highest BCUT2D eigenvalue weighted by molar-refractivity contribution is 7.13. The maximum absolute atomic E-state index is 13.3. The van der Waals surface area contributed by atoms with Gasteiger partial charge in [-0.25, -0.2) is 4.98 Å². The van der Waals surface area contributed by atoms with Gasteiger partial charge in [-0.1, -0.05) is 48.5 Å². The molecule has 2 heterocycles. The maximum Gasteiger partial charge on any atom is 0.255 e. The normalized spacial score (nSPS) is 13.5. The highest BCUT2D eigenvalue weighted by Gasteiger charge is 2.37. The molecule has 1 aliphatic rings. The highest BCUT2D eigenvalue weighted by Crippen LogP contribution is 2.34. The van der Waals surface area contributed by atoms with E-state index in [4.69, 9.17) is 0 Å². The Morgan fingerprint density at radius 3 is 2.44 bits per heavy atom. The molecule has 1 aliphatic heterocycles. The van der Waals surface area contributed by atoms with Crippen LogP contribution in [0.1, 0.15) is 27.5 Å². The van der Waals surface area contributed by atoms with E-state index in [0.29, 0.717) is 17.2 Å². The molecule has 2 N–H and O–H groups in total. The molecule has 5 rings (SSSR count). The van der Waals surface area contributed by atoms with Crippen LogP contribution < -0.4 is 10.6 Å². The van der Waals surface area contributed by atoms with Gasteiger partial charge in [0, 0.05) is 35.1 Å². The third-order valence-electron chi connectivity index (χ3n) is 5.34. The van der Waals surface area contributed by atoms with Crippen molar-refractivity contribution >= 4 is 39.7 Å². The predicted octanol–water partition coefficient (Wildman–Crippen LogP) is 5.22. The lowest BCUT2D eigenvalue weighted by Crippen LogP contribution is -2.37. The van der Waals surface area contributed by atoms with Crippen LogP contribution in [0.2, 0.25) is 0 Å². The number of nitrogens with one attached hydrogen (secondary N) is 2. The zero-order chi connectivity index (χ0) is 21.9. The first-order valence-electron chi connectivity index (χ1n) is 10.2. The SMILES string of the molecule is O=C(Nc1nccs1)[C@@H](c1ccccc1)N1Cc2cc(Nc3ccccc3)ccc2C1=O. The number of carbonyl (C=O) groups excluding carboxylic acids is 2. The molecule has 0 saturated carbocycles. The van der Waals surface area contributed by atoms with E-state index in [1.165, 1.54) is 11.3 Å². The number of carbonyl (C=O) groups is 2. The lowest BCUT2D eigenvalue weighted by molar-refractivity contribution is -0.120. The van der Waals surface area contributed by atoms with Crippen LogP contribution in [0, 0.1) is 0 Å². The molecule has 32 heavy (non-hydrogen) atoms. The minimum absolute atomic E-state index is 0.158. The fourth-order valence-electron chi connectivity index (χ4n) is 3.88. The van der Waals surface area contributed by atoms with Crippen LogP contribution in [0.4, 0.5) is 16.5 Å². The maximum atomic E-state index is 13.3. The van der Waals surface area contributed by atoms with Crippen LogP contribution in [0.15, 0.2) is 90.4 Å². The molecule has 158 valence electrons. The zero-order valence-corrected chi connectivity index (χ0v) is 17.9. The lowest BCUT2D eigenvalue weighted by atomic mass is 10.0. The van der Waals surface area contributed by atoms with Crippen molar-refractivity contribution in [2.45, 2.75) is 12.6 Å². The Balaban J connectivity index is 1.44. The number of hydrogen-bond acceptors (Lipinski definition) is 5. The number of hydrogen-bond donors (Lipinski definition) is 2. The van der Waals surface area contributed by atoms with Crippen molar-refractivity contribution in [2.24, 2.45) is 0 Å². The van der Waals surface area contributed by atoms with Gasteiger partial charge in [0.1, 0.15) is 6.04 Å². The molecule has 1 aromatic heterocycles. The van der Waals surface area contributed by atoms with Crippen molar-refractivity contribution in [2.75, 3.05) is 10.6 Å². The lowest BCUT2D eigenvalue weighted by Gasteiger charge is -2.27. The molecule has 0 saturated heterocycles. The Morgan fingerprint density at radius 1 is 0.969 bits per heavy atom. The second-order valence-electron chi connectivity index (χ2n) is 7.44. The average Bonchev–Trinajstić information content (AvgIpc) is 3.43. The fourth-order valence-corrected chi connectivity index (χ4v) is 4.42. The van der Waals surface area contributed by atoms with Gasteiger partial charge in [-0.15, -0.1) is 11.3 Å². The van der Waals surface area contributed by atoms with Crippen LogP contribution in [0.5, 0.6) is 0 Å². The molecule has 0 bridgehead atoms. The second-order valence-corrected chi connectivity index (χ2v) is 8.33. The molecule has 1 atom stereocenters. The molecule has 4 aromatic rings. The van der Waals surface area contributed by atoms with Gasteiger partial charge in [0.2, 0.25) is 0 Å². The summed E-state index contributed by atoms with van der Waals surface area (Å²) in [6, 6.07) is 24.2. The van der Waals surface area contributed by atoms with E-state index in [1.54, 1.807) is 16.5 Å². The van der Waals surface area contributed by atoms with E-state index < -0.39 is 6.04 Å². The molecule has 0 spiro atoms. The largest absolute Gasteiger partial charge is 0.356 e. The van der Waals surface area contributed by atoms with Gasteiger partial charge in [-0.2, -0.15) is 0 Å². The number of fused-ring (bicyclic) bond motifs is 1. The third kappa shape index (κ3) is 3.98. The first-order chi connectivity index (χ1) is 15.7. The smallest absolute Gasteiger partial charge is 0.255 e. The Morgan fingerprint density at radius 2 is 1.72 bits per heavy atom. The number of anilines is 3. The van der Waals surface area contributed by atoms with Gasteiger partial charge in [0.05, 0.1) is 0 Å². The number of aromatic nitrogens is 1. The van der Waals surface area contributed by atoms with Crippen molar-refractivity contribution in [3.63, 3.8) is 0 Å². The number of para-hydroxylation sites is 1. The van der Waals surface area contributed by atoms with Crippen LogP contribution in [0.3, 0.4) is 0 Å². The van der Waals surface area contributed by atoms with E-state index in [-0.39, 0.29) is 11.8 Å². The van der Waals surface area contributed by atoms with Gasteiger partial charge in [0.25, 0.3) is 11.8 Å². The second kappa shape index (κ2) is 8.64. The molecule has 0 radical (unpaired) electrons. The summed E-state index contributed by atoms with van der Waals surface area (Å²) in [5, 5.41) is 8.52. The standard InChI is InChI=1S/C25H20N4O2S/c30-23(28-25-26-13-14-32-25)22(17-7-3-1-4-8-17)29-16-18-15-20(11-12-21(18)24(29)31)27-19-9-5-2-6-10-19/h1-15,22,27H,16H2,(H,26,28,30)/t22-/m1/s1. The summed E-state index contributed by atoms with van der Waals surface area (Å²) in [6.07, 6.45) is 1.63. The van der Waals surface area contributed by atoms with E-state index in [9.17, 15) is 9.59 Å². The molecule has 0 fully saturated rings. The van der Waals surface area contributed by atoms with Crippen LogP contribution in [0.25, 0.3) is 0 Å². The van der Waals surface area contributed by atoms with Crippen molar-refractivity contribution < 1.29 is 9.59 Å². The Kier molecular flexibility index (Phi) is 5.39. The average molecular weight is 441 g/mol. The summed E-state index contributed by atoms with van der Waals surface area (Å²) in [5.41, 5.74) is 4.13. The predicted molar refractivity (Wildman–Crippen MR) is 126 cm³/mol. The zero-order valence-electron chi connectivity index (χ0n) is 17.1. The summed E-state index contributed by atoms with van der Waals surface area (Å²) in [7, 11) is 0. The van der Waals surface area contributed by atoms with Gasteiger partial charge in [0.15, 0.2) is 5.13 Å². The van der Waals surface area contributed by atoms with E-state index in [2.05, 4.69) is 15.6 Å². The summed E-state index contributed by atoms with van der Waals surface area (Å²) in [5.74, 6) is -0.440. The van der Waals surface area contributed by atoms with Crippen LogP contribution in [-0.4, -0.2) is 21.7 Å². The number of rotatable bonds is 6. The number of thiazole rings is 1. The quantitative estimate of drug-likeness (QED) is 0.431. The first kappa shape index (κ1) is 20.0. The summed E-state index contributed by atoms with van der Waals surface area (Å²) in [4.78, 5) is 32.3. The fraction of sp³-hybridized carbons (Fsp3) is 0.0800. The summed E-state index contributed by atoms with van der Waals surface area (Å²) in [6.45, 7) is 0.351. The van der Waals surface area contributed by atoms with Crippen LogP contribution in [-0.2, 0) is 11.3 Å². The molecule has 6 nitrogen and oxygen atoms in total. The summed E-state index contributed by atoms with van der Waals surface area (Å²) < 4.78 is 0. The van der Waals surface area contributed by atoms with Crippen molar-refractivity contribution in [3.8, 4) is 0 Å². The monoisotopic (exact) mass is 440 g/mol. The van der Waals surface area contributed by atoms with E-state index >= 15 is 0 Å². The van der Waals surface area contributed by atoms with Gasteiger partial charge in [-0.3, -0.25) is 14.9 Å². The molecule has 3 aromatic carbocycles. The molecular formula is C25H20N4O2S. The van der Waals surface area contributed by atoms with Gasteiger partial charge >= 0.3 is 0 Å². The topological polar surface area (TPSA) is 74.3 Å². The minimum Gasteiger partial charge on any atom is -0.356 e. The molecule has 0 aliphatic carbocycles. The number of benzene rings is 3. The number of amides is 2. The van der Waals surface area contributed by atoms with E-state index in [0.717, 1.165) is 22.5 Å². The Bertz CT molecular complexity index is 1240. The van der Waals surface area contributed by atoms with Gasteiger partial charge in [-0.05, 0) is 41.5 Å². The molecule has 7 heteroatoms. The van der Waals surface area contributed by atoms with Gasteiger partial charge < -0.3 is 10.2 Å². The first-order valence-corrected chi connectivity index (χ1v) is 11.1. The number of nitrogens with zero attached hydrogens (tertiary/aromatic N) is 2. The molecular weight excluding hydrogens is 420 g/mol. The van der Waals surface area contributed by atoms with Crippen molar-refractivity contribution in [3.05, 3.63) is 107 Å². The van der Waals surface area contributed by atoms with Crippen LogP contribution >= 0.6 is 11.3 Å². The Hall–Kier alpha value is -3.97. The molecule has 0 unspecified atom stereocenters. The minimum atomic E-state index is -0.759.